The lowest BCUT2D eigenvalue weighted by molar-refractivity contribution is 0.320. The monoisotopic (exact) mass is 490 g/mol. The Balaban J connectivity index is 2.08. The Hall–Kier alpha value is -3.93. The molecule has 6 heteroatoms. The van der Waals surface area contributed by atoms with Crippen molar-refractivity contribution < 1.29 is 23.4 Å². The summed E-state index contributed by atoms with van der Waals surface area (Å²) in [5.74, 6) is 2.39. The molecule has 6 nitrogen and oxygen atoms in total. The van der Waals surface area contributed by atoms with E-state index in [0.717, 1.165) is 29.6 Å². The van der Waals surface area contributed by atoms with Crippen LogP contribution < -0.4 is 24.4 Å². The summed E-state index contributed by atoms with van der Waals surface area (Å²) in [6, 6.07) is 10.2. The minimum atomic E-state index is -0.231. The molecule has 0 N–H and O–H groups in total. The number of hydrogen-bond donors (Lipinski definition) is 0. The predicted octanol–water partition coefficient (Wildman–Crippen LogP) is 7.11. The first-order valence-electron chi connectivity index (χ1n) is 11.9. The molecule has 1 heterocycles. The number of benzene rings is 2. The van der Waals surface area contributed by atoms with Crippen LogP contribution in [0, 0.1) is 0 Å². The topological polar surface area (TPSA) is 67.1 Å². The van der Waals surface area contributed by atoms with Gasteiger partial charge < -0.3 is 23.4 Å². The van der Waals surface area contributed by atoms with E-state index in [1.54, 1.807) is 31.4 Å². The molecule has 0 fully saturated rings. The van der Waals surface area contributed by atoms with Crippen molar-refractivity contribution >= 4 is 11.0 Å². The molecule has 0 unspecified atom stereocenters. The zero-order valence-electron chi connectivity index (χ0n) is 21.6. The van der Waals surface area contributed by atoms with Gasteiger partial charge in [0.2, 0.25) is 0 Å². The number of rotatable bonds is 13. The lowest BCUT2D eigenvalue weighted by Crippen LogP contribution is -2.07. The van der Waals surface area contributed by atoms with Crippen LogP contribution in [0.1, 0.15) is 33.6 Å². The highest BCUT2D eigenvalue weighted by molar-refractivity contribution is 5.86. The van der Waals surface area contributed by atoms with Crippen LogP contribution in [0.25, 0.3) is 22.3 Å². The second-order valence-electron chi connectivity index (χ2n) is 8.92. The van der Waals surface area contributed by atoms with Crippen molar-refractivity contribution in [3.63, 3.8) is 0 Å². The van der Waals surface area contributed by atoms with Crippen molar-refractivity contribution in [2.45, 2.75) is 33.6 Å². The van der Waals surface area contributed by atoms with Crippen LogP contribution >= 0.6 is 0 Å². The number of fused-ring (bicyclic) bond motifs is 1. The molecule has 0 bridgehead atoms. The zero-order valence-corrected chi connectivity index (χ0v) is 21.6. The SMILES string of the molecule is C=C(C)COc1cc(-c2cc(=O)c3c(OCC(=C)C)cc(OCC(=C)CCC)cc3o2)ccc1OC. The van der Waals surface area contributed by atoms with Gasteiger partial charge in [-0.25, -0.2) is 0 Å². The predicted molar refractivity (Wildman–Crippen MR) is 145 cm³/mol. The number of methoxy groups -OCH3 is 1. The van der Waals surface area contributed by atoms with Gasteiger partial charge in [-0.1, -0.05) is 33.1 Å². The van der Waals surface area contributed by atoms with Gasteiger partial charge in [-0.3, -0.25) is 4.79 Å². The van der Waals surface area contributed by atoms with Crippen LogP contribution in [0.5, 0.6) is 23.0 Å². The van der Waals surface area contributed by atoms with Gasteiger partial charge in [0, 0.05) is 23.8 Å². The minimum Gasteiger partial charge on any atom is -0.493 e. The molecule has 36 heavy (non-hydrogen) atoms. The molecule has 0 aliphatic carbocycles. The van der Waals surface area contributed by atoms with Crippen LogP contribution in [0.2, 0.25) is 0 Å². The van der Waals surface area contributed by atoms with Crippen molar-refractivity contribution in [2.24, 2.45) is 0 Å². The van der Waals surface area contributed by atoms with Crippen LogP contribution in [0.15, 0.2) is 82.1 Å². The van der Waals surface area contributed by atoms with Gasteiger partial charge >= 0.3 is 0 Å². The van der Waals surface area contributed by atoms with Crippen LogP contribution in [0.3, 0.4) is 0 Å². The number of hydrogen-bond acceptors (Lipinski definition) is 6. The molecule has 3 aromatic rings. The first-order valence-corrected chi connectivity index (χ1v) is 11.9. The average Bonchev–Trinajstić information content (AvgIpc) is 2.84. The van der Waals surface area contributed by atoms with Crippen molar-refractivity contribution in [3.05, 3.63) is 83.1 Å². The van der Waals surface area contributed by atoms with E-state index < -0.39 is 0 Å². The Labute approximate surface area is 212 Å². The smallest absolute Gasteiger partial charge is 0.197 e. The molecule has 0 spiro atoms. The van der Waals surface area contributed by atoms with Gasteiger partial charge in [-0.2, -0.15) is 0 Å². The Morgan fingerprint density at radius 2 is 1.56 bits per heavy atom. The summed E-state index contributed by atoms with van der Waals surface area (Å²) in [6.07, 6.45) is 1.87. The molecule has 0 aliphatic rings. The molecule has 0 aliphatic heterocycles. The van der Waals surface area contributed by atoms with E-state index in [2.05, 4.69) is 26.7 Å². The summed E-state index contributed by atoms with van der Waals surface area (Å²) in [6.45, 7) is 18.6. The van der Waals surface area contributed by atoms with Crippen LogP contribution in [-0.2, 0) is 0 Å². The highest BCUT2D eigenvalue weighted by Gasteiger charge is 2.16. The second kappa shape index (κ2) is 12.2. The summed E-state index contributed by atoms with van der Waals surface area (Å²) in [7, 11) is 1.57. The fraction of sp³-hybridized carbons (Fsp3) is 0.300. The lowest BCUT2D eigenvalue weighted by atomic mass is 10.1. The first-order chi connectivity index (χ1) is 17.2. The van der Waals surface area contributed by atoms with Crippen LogP contribution in [-0.4, -0.2) is 26.9 Å². The summed E-state index contributed by atoms with van der Waals surface area (Å²) in [4.78, 5) is 13.2. The van der Waals surface area contributed by atoms with E-state index in [9.17, 15) is 4.79 Å². The van der Waals surface area contributed by atoms with Crippen molar-refractivity contribution in [1.82, 2.24) is 0 Å². The highest BCUT2D eigenvalue weighted by atomic mass is 16.5. The maximum atomic E-state index is 13.2. The van der Waals surface area contributed by atoms with Gasteiger partial charge in [0.25, 0.3) is 0 Å². The third-order valence-corrected chi connectivity index (χ3v) is 5.21. The number of ether oxygens (including phenoxy) is 4. The molecular weight excluding hydrogens is 456 g/mol. The Bertz CT molecular complexity index is 1330. The molecule has 0 saturated heterocycles. The fourth-order valence-corrected chi connectivity index (χ4v) is 3.52. The summed E-state index contributed by atoms with van der Waals surface area (Å²) < 4.78 is 29.3. The molecule has 3 rings (SSSR count). The molecule has 190 valence electrons. The summed E-state index contributed by atoms with van der Waals surface area (Å²) in [5.41, 5.74) is 3.47. The van der Waals surface area contributed by atoms with Gasteiger partial charge in [0.15, 0.2) is 16.9 Å². The Kier molecular flexibility index (Phi) is 9.01. The quantitative estimate of drug-likeness (QED) is 0.238. The van der Waals surface area contributed by atoms with E-state index in [-0.39, 0.29) is 12.0 Å². The zero-order chi connectivity index (χ0) is 26.2. The Morgan fingerprint density at radius 3 is 2.19 bits per heavy atom. The normalized spacial score (nSPS) is 10.7. The van der Waals surface area contributed by atoms with Gasteiger partial charge in [0.1, 0.15) is 48.0 Å². The second-order valence-corrected chi connectivity index (χ2v) is 8.92. The van der Waals surface area contributed by atoms with E-state index in [4.69, 9.17) is 23.4 Å². The van der Waals surface area contributed by atoms with Crippen molar-refractivity contribution in [3.8, 4) is 34.3 Å². The lowest BCUT2D eigenvalue weighted by Gasteiger charge is -2.14. The molecule has 0 amide bonds. The van der Waals surface area contributed by atoms with E-state index in [1.807, 2.05) is 19.9 Å². The molecule has 0 radical (unpaired) electrons. The molecule has 0 atom stereocenters. The van der Waals surface area contributed by atoms with Gasteiger partial charge in [0.05, 0.1) is 7.11 Å². The van der Waals surface area contributed by atoms with Crippen molar-refractivity contribution in [1.29, 1.82) is 0 Å². The molecule has 2 aromatic carbocycles. The maximum Gasteiger partial charge on any atom is 0.197 e. The largest absolute Gasteiger partial charge is 0.493 e. The van der Waals surface area contributed by atoms with Gasteiger partial charge in [-0.05, 0) is 55.2 Å². The van der Waals surface area contributed by atoms with Gasteiger partial charge in [-0.15, -0.1) is 0 Å². The Morgan fingerprint density at radius 1 is 0.861 bits per heavy atom. The third-order valence-electron chi connectivity index (χ3n) is 5.21. The molecule has 1 aromatic heterocycles. The maximum absolute atomic E-state index is 13.2. The first kappa shape index (κ1) is 26.7. The van der Waals surface area contributed by atoms with E-state index in [0.29, 0.717) is 58.5 Å². The third kappa shape index (κ3) is 6.81. The standard InChI is InChI=1S/C30H34O6/c1-8-9-21(6)18-33-23-13-28(35-17-20(4)5)30-24(31)15-26(36-29(30)14-23)22-10-11-25(32-7)27(12-22)34-16-19(2)3/h10-15H,2,4,6,8-9,16-18H2,1,3,5,7H3. The molecular formula is C30H34O6. The minimum absolute atomic E-state index is 0.231. The van der Waals surface area contributed by atoms with Crippen molar-refractivity contribution in [2.75, 3.05) is 26.9 Å². The van der Waals surface area contributed by atoms with Crippen LogP contribution in [0.4, 0.5) is 0 Å². The summed E-state index contributed by atoms with van der Waals surface area (Å²) in [5, 5.41) is 0.340. The fourth-order valence-electron chi connectivity index (χ4n) is 3.52. The van der Waals surface area contributed by atoms with E-state index >= 15 is 0 Å². The highest BCUT2D eigenvalue weighted by Crippen LogP contribution is 2.36. The molecule has 0 saturated carbocycles. The van der Waals surface area contributed by atoms with E-state index in [1.165, 1.54) is 6.07 Å². The summed E-state index contributed by atoms with van der Waals surface area (Å²) >= 11 is 0. The average molecular weight is 491 g/mol.